The van der Waals surface area contributed by atoms with Crippen LogP contribution in [0.25, 0.3) is 11.2 Å². The summed E-state index contributed by atoms with van der Waals surface area (Å²) in [5.41, 5.74) is 3.34. The van der Waals surface area contributed by atoms with E-state index in [1.165, 1.54) is 57.2 Å². The predicted octanol–water partition coefficient (Wildman–Crippen LogP) is -3.43. The largest absolute Gasteiger partial charge is 0.780 e. The highest BCUT2D eigenvalue weighted by molar-refractivity contribution is 8.32. The molecule has 7 saturated heterocycles. The molecule has 0 spiro atoms. The van der Waals surface area contributed by atoms with Crippen LogP contribution in [0.15, 0.2) is 109 Å². The Bertz CT molecular complexity index is 7190. The van der Waals surface area contributed by atoms with Gasteiger partial charge in [-0.05, 0) is 41.0 Å². The number of nitrogens with zero attached hydrogens (tertiary/aromatic N) is 11. The lowest BCUT2D eigenvalue weighted by molar-refractivity contribution is -0.221. The molecule has 57 nitrogen and oxygen atoms in total. The van der Waals surface area contributed by atoms with E-state index in [2.05, 4.69) is 44.9 Å². The van der Waals surface area contributed by atoms with Gasteiger partial charge in [-0.2, -0.15) is 4.98 Å². The SMILES string of the molecule is CC[C@H]1O[C@@H](n2ccc(=O)[nH]c2=O)CC1OP([O-])(=S)OC[C@H]1O[C@@H](n2cc(C)c(N)nc2=O)CC1OP(=O)([S-])OC[C@H]1O[C@@H](n2cnc3c(N)ncnc32)CC1OP([O-])(=S)OC[C@H]1O[C@@H](n2cc(C)c(=O)[nH]c2=O)CC1OP([O-])(=S)OC[C@H]1O[C@@H](n2cc(C)c(=O)[nH]c2=O)CC1OP([O-])(=S)OC[C@H]1O[C@@H](n2cc(C)c(=O)[nH]c2=O)CC1OP([O-])(=S)OC[C@H]1O[C@@H](n2cc(C)c(=O)[nH]c2=O)CC1OP([O-])(=S)OC. The summed E-state index contributed by atoms with van der Waals surface area (Å²) in [7, 11) is 1.00. The number of anilines is 2. The van der Waals surface area contributed by atoms with Crippen LogP contribution in [-0.4, -0.2) is 209 Å². The normalized spacial score (nSPS) is 29.9. The summed E-state index contributed by atoms with van der Waals surface area (Å²) in [6, 6.07) is 1.10. The van der Waals surface area contributed by atoms with Crippen LogP contribution in [-0.2, 0) is 184 Å². The lowest BCUT2D eigenvalue weighted by atomic mass is 10.1. The van der Waals surface area contributed by atoms with Gasteiger partial charge in [-0.15, -0.1) is 0 Å². The molecule has 8 aromatic rings. The maximum Gasteiger partial charge on any atom is 0.351 e. The first-order chi connectivity index (χ1) is 66.7. The first-order valence-electron chi connectivity index (χ1n) is 42.5. The molecule has 0 aromatic carbocycles. The number of H-pyrrole nitrogens is 5. The lowest BCUT2D eigenvalue weighted by Gasteiger charge is -2.36. The highest BCUT2D eigenvalue weighted by atomic mass is 32.7. The second-order valence-corrected chi connectivity index (χ2v) is 52.1. The van der Waals surface area contributed by atoms with Crippen molar-refractivity contribution < 1.29 is 130 Å². The molecule has 9 N–H and O–H groups in total. The number of aromatic amines is 5. The highest BCUT2D eigenvalue weighted by Gasteiger charge is 2.49. The van der Waals surface area contributed by atoms with Gasteiger partial charge in [0.25, 0.3) is 27.8 Å². The number of aromatic nitrogens is 16. The molecule has 0 saturated carbocycles. The van der Waals surface area contributed by atoms with Crippen LogP contribution in [0.1, 0.15) is 130 Å². The third-order valence-corrected chi connectivity index (χ3v) is 34.4. The molecule has 14 unspecified atom stereocenters. The Morgan fingerprint density at radius 2 is 0.676 bits per heavy atom. The highest BCUT2D eigenvalue weighted by Crippen LogP contribution is 2.57. The zero-order chi connectivity index (χ0) is 103. The molecule has 71 heteroatoms. The van der Waals surface area contributed by atoms with Crippen LogP contribution >= 0.6 is 47.1 Å². The van der Waals surface area contributed by atoms with Crippen LogP contribution in [0.4, 0.5) is 11.6 Å². The van der Waals surface area contributed by atoms with Gasteiger partial charge in [0, 0.05) is 123 Å². The second-order valence-electron chi connectivity index (χ2n) is 33.1. The Morgan fingerprint density at radius 3 is 1.01 bits per heavy atom. The van der Waals surface area contributed by atoms with Gasteiger partial charge in [0.2, 0.25) is 0 Å². The lowest BCUT2D eigenvalue weighted by Crippen LogP contribution is -2.35. The summed E-state index contributed by atoms with van der Waals surface area (Å²) in [4.78, 5) is 255. The van der Waals surface area contributed by atoms with Crippen LogP contribution in [0.2, 0.25) is 0 Å². The maximum atomic E-state index is 15.0. The van der Waals surface area contributed by atoms with Gasteiger partial charge in [0.05, 0.1) is 94.8 Å². The van der Waals surface area contributed by atoms with Crippen molar-refractivity contribution >= 4 is 153 Å². The fourth-order valence-electron chi connectivity index (χ4n) is 16.2. The van der Waals surface area contributed by atoms with E-state index >= 15 is 0 Å². The van der Waals surface area contributed by atoms with Gasteiger partial charge in [0.1, 0.15) is 138 Å². The molecule has 142 heavy (non-hydrogen) atoms. The van der Waals surface area contributed by atoms with Crippen molar-refractivity contribution in [2.45, 2.75) is 222 Å². The summed E-state index contributed by atoms with van der Waals surface area (Å²) in [6.07, 6.45) is -22.3. The van der Waals surface area contributed by atoms with E-state index in [4.69, 9.17) is 191 Å². The molecule has 15 rings (SSSR count). The third kappa shape index (κ3) is 26.6. The molecule has 0 amide bonds. The summed E-state index contributed by atoms with van der Waals surface area (Å²) in [6.45, 7) is -30.4. The molecule has 0 radical (unpaired) electrons. The Morgan fingerprint density at radius 1 is 0.387 bits per heavy atom. The average molecular weight is 2260 g/mol. The summed E-state index contributed by atoms with van der Waals surface area (Å²) >= 11 is 37.7. The number of rotatable bonds is 41. The minimum absolute atomic E-state index is 0.00937. The molecule has 7 aliphatic heterocycles. The van der Waals surface area contributed by atoms with Crippen molar-refractivity contribution in [3.05, 3.63) is 198 Å². The molecule has 0 aliphatic carbocycles. The van der Waals surface area contributed by atoms with E-state index in [0.717, 1.165) is 65.5 Å². The van der Waals surface area contributed by atoms with Crippen molar-refractivity contribution in [3.63, 3.8) is 0 Å². The Labute approximate surface area is 833 Å². The van der Waals surface area contributed by atoms with E-state index in [-0.39, 0.29) is 77.2 Å². The third-order valence-electron chi connectivity index (χ3n) is 23.3. The smallest absolute Gasteiger partial charge is 0.351 e. The Hall–Kier alpha value is -6.17. The zero-order valence-corrected chi connectivity index (χ0v) is 86.7. The van der Waals surface area contributed by atoms with Crippen molar-refractivity contribution in [2.24, 2.45) is 0 Å². The van der Waals surface area contributed by atoms with Gasteiger partial charge < -0.3 is 150 Å². The number of nitrogens with one attached hydrogen (secondary N) is 5. The quantitative estimate of drug-likeness (QED) is 0.0145. The molecular weight excluding hydrogens is 2170 g/mol. The van der Waals surface area contributed by atoms with E-state index in [1.807, 2.05) is 0 Å². The van der Waals surface area contributed by atoms with E-state index in [1.54, 1.807) is 13.8 Å². The number of fused-ring (bicyclic) bond motifs is 1. The standard InChI is InChI=1S/C71H95N18O39P7S7/c1-8-36-37(11-51(115-36)83-10-9-50(90)77-66(83)95)123-130(102,137)109-24-45-39(13-52(117-45)84-18-31(2)59(72)78-67(84)96)124-134(106,141)114-28-49-43(17-57(121-49)89-30-76-58-60(73)74-29-75-61(58)89)128-135(107,142)113-27-48-42(16-56(120-48)88-22-35(6)65(94)82-71(88)100)127-133(105,140)112-26-47-41(15-55(119-47)87-21-34(5)64(93)81-70(87)99)126-132(104,139)111-25-46-40(14-54(118-46)86-20-33(4)63(92)80-69(86)98)125-131(103,138)110-23-44-38(122-129(101,136)108-7)12-53(116-44)85-19-32(3)62(91)79-68(85)97/h9-10,18-22,29-30,36-49,51-57H,8,11-17,23-28H2,1-7H3,(H,101,136)(H,102,137)(H,103,138)(H,104,139)(H,105,140)(H,106,141)(H,107,142)(H2,72,78,96)(H2,73,74,75)(H,77,90,95)(H,79,91,97)(H,80,92,98)(H,81,93,99)(H,82,94,100)/p-7/t36-,37?,38?,39?,40?,41?,42?,43?,44-,45-,46-,47-,48-,49-,51-,52-,53-,54-,55-,56-,57-,129?,130?,131?,132?,133?,134?,135?/m1/s1. The second kappa shape index (κ2) is 44.5. The summed E-state index contributed by atoms with van der Waals surface area (Å²) in [5.74, 6) is -0.160. The molecule has 0 bridgehead atoms. The van der Waals surface area contributed by atoms with Gasteiger partial charge in [-0.3, -0.25) is 85.4 Å². The first kappa shape index (κ1) is 110. The van der Waals surface area contributed by atoms with E-state index in [9.17, 15) is 86.7 Å². The molecule has 7 aliphatic rings. The summed E-state index contributed by atoms with van der Waals surface area (Å²) in [5, 5.41) is 0. The number of nitrogens with two attached hydrogens (primary N) is 2. The molecule has 8 aromatic heterocycles. The number of imidazole rings is 1. The van der Waals surface area contributed by atoms with Crippen LogP contribution in [0, 0.1) is 34.6 Å². The van der Waals surface area contributed by atoms with Gasteiger partial charge in [-0.1, -0.05) is 77.8 Å². The number of hydrogen-bond acceptors (Lipinski definition) is 52. The molecule has 7 fully saturated rings. The number of hydrogen-bond donors (Lipinski definition) is 7. The molecular formula is C71H88N18O39P7S7-7. The van der Waals surface area contributed by atoms with Gasteiger partial charge in [0.15, 0.2) is 18.3 Å². The minimum Gasteiger partial charge on any atom is -0.780 e. The predicted molar refractivity (Wildman–Crippen MR) is 500 cm³/mol. The minimum atomic E-state index is -5.09. The number of aryl methyl sites for hydroxylation is 5. The number of ether oxygens (including phenoxy) is 7. The maximum absolute atomic E-state index is 15.0. The number of nitrogen functional groups attached to an aromatic ring is 2. The topological polar surface area (TPSA) is 754 Å². The van der Waals surface area contributed by atoms with Crippen molar-refractivity contribution in [3.8, 4) is 0 Å². The fourth-order valence-corrected chi connectivity index (χ4v) is 26.0. The van der Waals surface area contributed by atoms with Gasteiger partial charge in [-0.25, -0.2) is 43.7 Å². The average Bonchev–Trinajstić information content (AvgIpc) is 1.65. The van der Waals surface area contributed by atoms with E-state index in [0.29, 0.717) is 5.56 Å². The van der Waals surface area contributed by atoms with Crippen LogP contribution in [0.5, 0.6) is 0 Å². The monoisotopic (exact) mass is 2260 g/mol. The van der Waals surface area contributed by atoms with Crippen molar-refractivity contribution in [1.29, 1.82) is 0 Å². The molecule has 28 atom stereocenters. The first-order valence-corrected chi connectivity index (χ1v) is 60.4. The van der Waals surface area contributed by atoms with Gasteiger partial charge >= 0.3 is 34.1 Å². The van der Waals surface area contributed by atoms with Crippen LogP contribution in [0.3, 0.4) is 0 Å². The fraction of sp³-hybridized carbons (Fsp3) is 0.592. The molecule has 780 valence electrons. The zero-order valence-electron chi connectivity index (χ0n) is 74.7. The van der Waals surface area contributed by atoms with Crippen molar-refractivity contribution in [1.82, 2.24) is 76.8 Å². The summed E-state index contributed by atoms with van der Waals surface area (Å²) < 4.78 is 146. The Kier molecular flexibility index (Phi) is 34.5. The van der Waals surface area contributed by atoms with Crippen LogP contribution < -0.4 is 103 Å². The van der Waals surface area contributed by atoms with Crippen molar-refractivity contribution in [2.75, 3.05) is 58.2 Å². The molecule has 15 heterocycles. The Balaban J connectivity index is 0.635. The van der Waals surface area contributed by atoms with E-state index < -0.39 is 297 Å².